The van der Waals surface area contributed by atoms with Crippen molar-refractivity contribution in [2.75, 3.05) is 0 Å². The van der Waals surface area contributed by atoms with Crippen molar-refractivity contribution in [1.82, 2.24) is 5.32 Å². The molecule has 1 saturated carbocycles. The molecule has 0 saturated heterocycles. The molecule has 0 aromatic heterocycles. The Morgan fingerprint density at radius 2 is 2.11 bits per heavy atom. The number of rotatable bonds is 3. The molecule has 1 aliphatic carbocycles. The first-order chi connectivity index (χ1) is 8.66. The van der Waals surface area contributed by atoms with Gasteiger partial charge in [0.25, 0.3) is 0 Å². The van der Waals surface area contributed by atoms with Gasteiger partial charge in [0, 0.05) is 24.1 Å². The average Bonchev–Trinajstić information content (AvgIpc) is 2.37. The molecule has 3 N–H and O–H groups in total. The summed E-state index contributed by atoms with van der Waals surface area (Å²) in [5.74, 6) is -0.299. The second-order valence-corrected chi connectivity index (χ2v) is 4.93. The van der Waals surface area contributed by atoms with Crippen LogP contribution in [0, 0.1) is 11.7 Å². The summed E-state index contributed by atoms with van der Waals surface area (Å²) in [6.07, 6.45) is 3.62. The van der Waals surface area contributed by atoms with Gasteiger partial charge in [-0.05, 0) is 25.3 Å². The molecule has 1 aromatic rings. The van der Waals surface area contributed by atoms with E-state index in [0.29, 0.717) is 5.56 Å². The van der Waals surface area contributed by atoms with E-state index in [-0.39, 0.29) is 42.6 Å². The van der Waals surface area contributed by atoms with Crippen LogP contribution in [0.15, 0.2) is 24.3 Å². The molecule has 0 heterocycles. The van der Waals surface area contributed by atoms with Crippen LogP contribution in [-0.2, 0) is 11.3 Å². The van der Waals surface area contributed by atoms with Gasteiger partial charge >= 0.3 is 0 Å². The van der Waals surface area contributed by atoms with E-state index in [4.69, 9.17) is 5.73 Å². The Balaban J connectivity index is 0.00000180. The minimum absolute atomic E-state index is 0. The Morgan fingerprint density at radius 1 is 1.37 bits per heavy atom. The van der Waals surface area contributed by atoms with Crippen molar-refractivity contribution in [3.8, 4) is 0 Å². The van der Waals surface area contributed by atoms with Gasteiger partial charge in [-0.15, -0.1) is 12.4 Å². The van der Waals surface area contributed by atoms with Gasteiger partial charge in [-0.3, -0.25) is 4.79 Å². The first-order valence-electron chi connectivity index (χ1n) is 6.43. The van der Waals surface area contributed by atoms with E-state index in [2.05, 4.69) is 5.32 Å². The van der Waals surface area contributed by atoms with Gasteiger partial charge in [0.15, 0.2) is 0 Å². The third-order valence-corrected chi connectivity index (χ3v) is 3.50. The molecule has 1 fully saturated rings. The molecule has 1 aromatic carbocycles. The fourth-order valence-electron chi connectivity index (χ4n) is 2.43. The maximum Gasteiger partial charge on any atom is 0.223 e. The molecular weight excluding hydrogens is 267 g/mol. The fourth-order valence-corrected chi connectivity index (χ4v) is 2.43. The first-order valence-corrected chi connectivity index (χ1v) is 6.43. The third-order valence-electron chi connectivity index (χ3n) is 3.50. The van der Waals surface area contributed by atoms with E-state index in [9.17, 15) is 9.18 Å². The van der Waals surface area contributed by atoms with E-state index < -0.39 is 0 Å². The minimum atomic E-state index is -0.279. The zero-order chi connectivity index (χ0) is 13.0. The lowest BCUT2D eigenvalue weighted by Crippen LogP contribution is -2.37. The number of carbonyl (C=O) groups excluding carboxylic acids is 1. The molecule has 2 atom stereocenters. The number of hydrogen-bond donors (Lipinski definition) is 2. The summed E-state index contributed by atoms with van der Waals surface area (Å²) in [4.78, 5) is 11.9. The normalized spacial score (nSPS) is 22.4. The second-order valence-electron chi connectivity index (χ2n) is 4.93. The van der Waals surface area contributed by atoms with E-state index in [1.807, 2.05) is 0 Å². The summed E-state index contributed by atoms with van der Waals surface area (Å²) in [5.41, 5.74) is 6.37. The molecule has 0 aliphatic heterocycles. The SMILES string of the molecule is Cl.NC1CCCC(C(=O)NCc2ccccc2F)C1. The van der Waals surface area contributed by atoms with Crippen LogP contribution < -0.4 is 11.1 Å². The molecule has 19 heavy (non-hydrogen) atoms. The number of halogens is 2. The number of amides is 1. The van der Waals surface area contributed by atoms with Gasteiger partial charge in [0.2, 0.25) is 5.91 Å². The van der Waals surface area contributed by atoms with Crippen molar-refractivity contribution >= 4 is 18.3 Å². The highest BCUT2D eigenvalue weighted by atomic mass is 35.5. The topological polar surface area (TPSA) is 55.1 Å². The number of carbonyl (C=O) groups is 1. The van der Waals surface area contributed by atoms with Crippen LogP contribution in [0.5, 0.6) is 0 Å². The monoisotopic (exact) mass is 286 g/mol. The highest BCUT2D eigenvalue weighted by Gasteiger charge is 2.25. The lowest BCUT2D eigenvalue weighted by atomic mass is 9.85. The Hall–Kier alpha value is -1.13. The molecular formula is C14H20ClFN2O. The van der Waals surface area contributed by atoms with Crippen molar-refractivity contribution in [2.45, 2.75) is 38.3 Å². The molecule has 1 aliphatic rings. The number of nitrogens with two attached hydrogens (primary N) is 1. The highest BCUT2D eigenvalue weighted by molar-refractivity contribution is 5.85. The van der Waals surface area contributed by atoms with Gasteiger partial charge in [-0.25, -0.2) is 4.39 Å². The summed E-state index contributed by atoms with van der Waals surface area (Å²) < 4.78 is 13.4. The number of hydrogen-bond acceptors (Lipinski definition) is 2. The van der Waals surface area contributed by atoms with Gasteiger partial charge in [0.1, 0.15) is 5.82 Å². The maximum atomic E-state index is 13.4. The van der Waals surface area contributed by atoms with E-state index in [1.54, 1.807) is 18.2 Å². The lowest BCUT2D eigenvalue weighted by molar-refractivity contribution is -0.126. The fraction of sp³-hybridized carbons (Fsp3) is 0.500. The summed E-state index contributed by atoms with van der Waals surface area (Å²) in [6.45, 7) is 0.247. The van der Waals surface area contributed by atoms with Crippen LogP contribution in [0.1, 0.15) is 31.2 Å². The Morgan fingerprint density at radius 3 is 2.79 bits per heavy atom. The number of benzene rings is 1. The number of nitrogens with one attached hydrogen (secondary N) is 1. The molecule has 1 amide bonds. The van der Waals surface area contributed by atoms with Crippen molar-refractivity contribution in [3.05, 3.63) is 35.6 Å². The van der Waals surface area contributed by atoms with E-state index >= 15 is 0 Å². The van der Waals surface area contributed by atoms with Gasteiger partial charge in [-0.2, -0.15) is 0 Å². The quantitative estimate of drug-likeness (QED) is 0.896. The van der Waals surface area contributed by atoms with E-state index in [0.717, 1.165) is 25.7 Å². The Labute approximate surface area is 119 Å². The predicted octanol–water partition coefficient (Wildman–Crippen LogP) is 2.38. The van der Waals surface area contributed by atoms with Crippen LogP contribution in [0.2, 0.25) is 0 Å². The molecule has 5 heteroatoms. The molecule has 3 nitrogen and oxygen atoms in total. The standard InChI is InChI=1S/C14H19FN2O.ClH/c15-13-7-2-1-4-11(13)9-17-14(18)10-5-3-6-12(16)8-10;/h1-2,4,7,10,12H,3,5-6,8-9,16H2,(H,17,18);1H. The molecule has 106 valence electrons. The minimum Gasteiger partial charge on any atom is -0.352 e. The largest absolute Gasteiger partial charge is 0.352 e. The zero-order valence-electron chi connectivity index (χ0n) is 10.8. The molecule has 0 spiro atoms. The third kappa shape index (κ3) is 4.48. The zero-order valence-corrected chi connectivity index (χ0v) is 11.6. The first kappa shape index (κ1) is 15.9. The average molecular weight is 287 g/mol. The van der Waals surface area contributed by atoms with Crippen LogP contribution >= 0.6 is 12.4 Å². The van der Waals surface area contributed by atoms with Crippen LogP contribution in [0.4, 0.5) is 4.39 Å². The Kier molecular flexibility index (Phi) is 6.25. The van der Waals surface area contributed by atoms with Crippen molar-refractivity contribution in [1.29, 1.82) is 0 Å². The van der Waals surface area contributed by atoms with Crippen molar-refractivity contribution in [2.24, 2.45) is 11.7 Å². The smallest absolute Gasteiger partial charge is 0.223 e. The molecule has 0 bridgehead atoms. The van der Waals surface area contributed by atoms with Gasteiger partial charge in [-0.1, -0.05) is 24.6 Å². The Bertz CT molecular complexity index is 428. The second kappa shape index (κ2) is 7.46. The van der Waals surface area contributed by atoms with Crippen molar-refractivity contribution < 1.29 is 9.18 Å². The van der Waals surface area contributed by atoms with Crippen LogP contribution in [-0.4, -0.2) is 11.9 Å². The van der Waals surface area contributed by atoms with Crippen LogP contribution in [0.25, 0.3) is 0 Å². The highest BCUT2D eigenvalue weighted by Crippen LogP contribution is 2.23. The molecule has 0 radical (unpaired) electrons. The predicted molar refractivity (Wildman–Crippen MR) is 75.4 cm³/mol. The lowest BCUT2D eigenvalue weighted by Gasteiger charge is -2.25. The van der Waals surface area contributed by atoms with E-state index in [1.165, 1.54) is 6.07 Å². The van der Waals surface area contributed by atoms with Crippen LogP contribution in [0.3, 0.4) is 0 Å². The summed E-state index contributed by atoms with van der Waals surface area (Å²) in [7, 11) is 0. The van der Waals surface area contributed by atoms with Gasteiger partial charge in [0.05, 0.1) is 0 Å². The summed E-state index contributed by atoms with van der Waals surface area (Å²) >= 11 is 0. The van der Waals surface area contributed by atoms with Gasteiger partial charge < -0.3 is 11.1 Å². The molecule has 2 unspecified atom stereocenters. The maximum absolute atomic E-state index is 13.4. The summed E-state index contributed by atoms with van der Waals surface area (Å²) in [6, 6.07) is 6.62. The molecule has 2 rings (SSSR count). The summed E-state index contributed by atoms with van der Waals surface area (Å²) in [5, 5.41) is 2.80. The van der Waals surface area contributed by atoms with Crippen molar-refractivity contribution in [3.63, 3.8) is 0 Å².